The van der Waals surface area contributed by atoms with Crippen molar-refractivity contribution in [3.05, 3.63) is 59.7 Å². The van der Waals surface area contributed by atoms with E-state index < -0.39 is 5.91 Å². The fraction of sp³-hybridized carbons (Fsp3) is 0.0769. The second-order valence-electron chi connectivity index (χ2n) is 3.83. The number of benzene rings is 1. The zero-order valence-electron chi connectivity index (χ0n) is 10.0. The fourth-order valence-electron chi connectivity index (χ4n) is 1.48. The zero-order valence-corrected chi connectivity index (χ0v) is 10.0. The average Bonchev–Trinajstić information content (AvgIpc) is 2.46. The number of rotatable bonds is 4. The van der Waals surface area contributed by atoms with Gasteiger partial charge in [-0.05, 0) is 17.7 Å². The topological polar surface area (TPSA) is 98.0 Å². The van der Waals surface area contributed by atoms with Crippen LogP contribution in [0.3, 0.4) is 0 Å². The molecule has 0 aliphatic carbocycles. The van der Waals surface area contributed by atoms with Crippen LogP contribution in [-0.2, 0) is 6.54 Å². The van der Waals surface area contributed by atoms with Gasteiger partial charge in [-0.1, -0.05) is 12.1 Å². The molecule has 2 aromatic rings. The third-order valence-corrected chi connectivity index (χ3v) is 2.49. The van der Waals surface area contributed by atoms with E-state index in [1.54, 1.807) is 24.3 Å². The molecule has 0 unspecified atom stereocenters. The lowest BCUT2D eigenvalue weighted by molar-refractivity contribution is 0.0944. The molecule has 3 N–H and O–H groups in total. The zero-order chi connectivity index (χ0) is 13.7. The monoisotopic (exact) mass is 256 g/mol. The van der Waals surface area contributed by atoms with Gasteiger partial charge in [0, 0.05) is 24.5 Å². The van der Waals surface area contributed by atoms with Crippen molar-refractivity contribution in [1.82, 2.24) is 15.3 Å². The summed E-state index contributed by atoms with van der Waals surface area (Å²) < 4.78 is 0. The molecule has 1 aromatic carbocycles. The first-order chi connectivity index (χ1) is 9.16. The lowest BCUT2D eigenvalue weighted by atomic mass is 10.1. The van der Waals surface area contributed by atoms with Gasteiger partial charge in [0.25, 0.3) is 5.91 Å². The van der Waals surface area contributed by atoms with Crippen molar-refractivity contribution >= 4 is 11.8 Å². The number of carbonyl (C=O) groups is 2. The first-order valence-electron chi connectivity index (χ1n) is 5.60. The van der Waals surface area contributed by atoms with E-state index in [0.717, 1.165) is 5.56 Å². The Balaban J connectivity index is 1.95. The van der Waals surface area contributed by atoms with E-state index in [1.165, 1.54) is 18.6 Å². The molecule has 0 saturated heterocycles. The number of aromatic nitrogens is 2. The molecular formula is C13H12N4O2. The van der Waals surface area contributed by atoms with Crippen molar-refractivity contribution in [2.45, 2.75) is 6.54 Å². The van der Waals surface area contributed by atoms with Crippen LogP contribution in [0.2, 0.25) is 0 Å². The summed E-state index contributed by atoms with van der Waals surface area (Å²) in [5.41, 5.74) is 6.70. The maximum atomic E-state index is 11.7. The number of primary amides is 1. The van der Waals surface area contributed by atoms with Crippen molar-refractivity contribution in [2.24, 2.45) is 5.73 Å². The largest absolute Gasteiger partial charge is 0.366 e. The molecule has 2 rings (SSSR count). The normalized spacial score (nSPS) is 9.89. The van der Waals surface area contributed by atoms with E-state index in [-0.39, 0.29) is 11.6 Å². The Kier molecular flexibility index (Phi) is 3.82. The predicted molar refractivity (Wildman–Crippen MR) is 68.2 cm³/mol. The highest BCUT2D eigenvalue weighted by molar-refractivity contribution is 5.93. The molecule has 96 valence electrons. The molecule has 1 aromatic heterocycles. The van der Waals surface area contributed by atoms with E-state index in [0.29, 0.717) is 12.1 Å². The standard InChI is InChI=1S/C13H12N4O2/c14-12(18)10-3-1-9(2-4-10)7-17-13(19)11-8-15-5-6-16-11/h1-6,8H,7H2,(H2,14,18)(H,17,19). The molecule has 6 heteroatoms. The Bertz CT molecular complexity index is 581. The van der Waals surface area contributed by atoms with Gasteiger partial charge in [-0.15, -0.1) is 0 Å². The minimum Gasteiger partial charge on any atom is -0.366 e. The van der Waals surface area contributed by atoms with E-state index in [4.69, 9.17) is 5.73 Å². The summed E-state index contributed by atoms with van der Waals surface area (Å²) in [4.78, 5) is 30.3. The molecule has 2 amide bonds. The molecule has 0 spiro atoms. The quantitative estimate of drug-likeness (QED) is 0.832. The van der Waals surface area contributed by atoms with Gasteiger partial charge in [0.2, 0.25) is 5.91 Å². The highest BCUT2D eigenvalue weighted by Crippen LogP contribution is 2.04. The summed E-state index contributed by atoms with van der Waals surface area (Å²) in [7, 11) is 0. The lowest BCUT2D eigenvalue weighted by Gasteiger charge is -2.05. The summed E-state index contributed by atoms with van der Waals surface area (Å²) in [6, 6.07) is 6.70. The van der Waals surface area contributed by atoms with Crippen molar-refractivity contribution in [2.75, 3.05) is 0 Å². The number of nitrogens with two attached hydrogens (primary N) is 1. The summed E-state index contributed by atoms with van der Waals surface area (Å²) in [5.74, 6) is -0.776. The number of nitrogens with one attached hydrogen (secondary N) is 1. The molecule has 0 aliphatic heterocycles. The molecule has 6 nitrogen and oxygen atoms in total. The van der Waals surface area contributed by atoms with Gasteiger partial charge in [0.05, 0.1) is 6.20 Å². The van der Waals surface area contributed by atoms with Crippen LogP contribution < -0.4 is 11.1 Å². The SMILES string of the molecule is NC(=O)c1ccc(CNC(=O)c2cnccn2)cc1. The minimum atomic E-state index is -0.477. The highest BCUT2D eigenvalue weighted by atomic mass is 16.2. The van der Waals surface area contributed by atoms with E-state index in [1.807, 2.05) is 0 Å². The van der Waals surface area contributed by atoms with E-state index >= 15 is 0 Å². The molecule has 0 radical (unpaired) electrons. The van der Waals surface area contributed by atoms with Crippen LogP contribution in [0.1, 0.15) is 26.4 Å². The Morgan fingerprint density at radius 2 is 1.89 bits per heavy atom. The summed E-state index contributed by atoms with van der Waals surface area (Å²) >= 11 is 0. The van der Waals surface area contributed by atoms with Crippen molar-refractivity contribution in [3.63, 3.8) is 0 Å². The maximum absolute atomic E-state index is 11.7. The van der Waals surface area contributed by atoms with Crippen LogP contribution in [0.4, 0.5) is 0 Å². The first kappa shape index (κ1) is 12.7. The summed E-state index contributed by atoms with van der Waals surface area (Å²) in [5, 5.41) is 2.71. The first-order valence-corrected chi connectivity index (χ1v) is 5.60. The smallest absolute Gasteiger partial charge is 0.271 e. The maximum Gasteiger partial charge on any atom is 0.271 e. The van der Waals surface area contributed by atoms with E-state index in [9.17, 15) is 9.59 Å². The molecule has 0 atom stereocenters. The van der Waals surface area contributed by atoms with Gasteiger partial charge < -0.3 is 11.1 Å². The number of hydrogen-bond donors (Lipinski definition) is 2. The van der Waals surface area contributed by atoms with Crippen molar-refractivity contribution < 1.29 is 9.59 Å². The predicted octanol–water partition coefficient (Wildman–Crippen LogP) is 0.505. The van der Waals surface area contributed by atoms with Gasteiger partial charge >= 0.3 is 0 Å². The molecule has 0 fully saturated rings. The van der Waals surface area contributed by atoms with Gasteiger partial charge in [-0.25, -0.2) is 4.98 Å². The number of nitrogens with zero attached hydrogens (tertiary/aromatic N) is 2. The number of carbonyl (C=O) groups excluding carboxylic acids is 2. The number of amides is 2. The Labute approximate surface area is 109 Å². The molecule has 19 heavy (non-hydrogen) atoms. The molecule has 0 aliphatic rings. The third kappa shape index (κ3) is 3.35. The van der Waals surface area contributed by atoms with E-state index in [2.05, 4.69) is 15.3 Å². The van der Waals surface area contributed by atoms with Gasteiger partial charge in [0.15, 0.2) is 0 Å². The fourth-order valence-corrected chi connectivity index (χ4v) is 1.48. The van der Waals surface area contributed by atoms with Crippen LogP contribution in [0, 0.1) is 0 Å². The molecular weight excluding hydrogens is 244 g/mol. The number of hydrogen-bond acceptors (Lipinski definition) is 4. The molecule has 0 bridgehead atoms. The molecule has 0 saturated carbocycles. The van der Waals surface area contributed by atoms with Gasteiger partial charge in [-0.3, -0.25) is 14.6 Å². The van der Waals surface area contributed by atoms with Crippen LogP contribution in [0.25, 0.3) is 0 Å². The van der Waals surface area contributed by atoms with Crippen molar-refractivity contribution in [1.29, 1.82) is 0 Å². The summed E-state index contributed by atoms with van der Waals surface area (Å²) in [6.45, 7) is 0.342. The van der Waals surface area contributed by atoms with Crippen LogP contribution in [-0.4, -0.2) is 21.8 Å². The highest BCUT2D eigenvalue weighted by Gasteiger charge is 2.06. The Morgan fingerprint density at radius 3 is 2.47 bits per heavy atom. The average molecular weight is 256 g/mol. The lowest BCUT2D eigenvalue weighted by Crippen LogP contribution is -2.23. The van der Waals surface area contributed by atoms with Crippen LogP contribution in [0.15, 0.2) is 42.9 Å². The summed E-state index contributed by atoms with van der Waals surface area (Å²) in [6.07, 6.45) is 4.35. The third-order valence-electron chi connectivity index (χ3n) is 2.49. The Hall–Kier alpha value is -2.76. The minimum absolute atomic E-state index is 0.260. The molecule has 1 heterocycles. The van der Waals surface area contributed by atoms with Gasteiger partial charge in [0.1, 0.15) is 5.69 Å². The van der Waals surface area contributed by atoms with Gasteiger partial charge in [-0.2, -0.15) is 0 Å². The Morgan fingerprint density at radius 1 is 1.16 bits per heavy atom. The van der Waals surface area contributed by atoms with Crippen molar-refractivity contribution in [3.8, 4) is 0 Å². The van der Waals surface area contributed by atoms with Crippen LogP contribution >= 0.6 is 0 Å². The van der Waals surface area contributed by atoms with Crippen LogP contribution in [0.5, 0.6) is 0 Å². The second kappa shape index (κ2) is 5.72. The second-order valence-corrected chi connectivity index (χ2v) is 3.83.